The van der Waals surface area contributed by atoms with Crippen LogP contribution in [-0.2, 0) is 6.54 Å². The van der Waals surface area contributed by atoms with Crippen LogP contribution in [0.15, 0.2) is 42.7 Å². The molecule has 0 radical (unpaired) electrons. The molecule has 1 N–H and O–H groups in total. The summed E-state index contributed by atoms with van der Waals surface area (Å²) in [5.41, 5.74) is 3.16. The third-order valence-corrected chi connectivity index (χ3v) is 3.51. The summed E-state index contributed by atoms with van der Waals surface area (Å²) in [4.78, 5) is 8.56. The van der Waals surface area contributed by atoms with E-state index in [1.54, 1.807) is 13.4 Å². The van der Waals surface area contributed by atoms with E-state index in [1.165, 1.54) is 0 Å². The number of aromatic nitrogens is 4. The van der Waals surface area contributed by atoms with E-state index in [1.807, 2.05) is 54.9 Å². The molecule has 0 unspecified atom stereocenters. The summed E-state index contributed by atoms with van der Waals surface area (Å²) in [6, 6.07) is 11.8. The fourth-order valence-electron chi connectivity index (χ4n) is 2.36. The van der Waals surface area contributed by atoms with Crippen LogP contribution >= 0.6 is 0 Å². The van der Waals surface area contributed by atoms with Crippen molar-refractivity contribution in [2.75, 3.05) is 12.4 Å². The van der Waals surface area contributed by atoms with Gasteiger partial charge in [-0.3, -0.25) is 0 Å². The molecule has 0 saturated heterocycles. The number of rotatable bonds is 5. The number of aryl methyl sites for hydroxylation is 2. The molecule has 1 aromatic carbocycles. The first-order valence-electron chi connectivity index (χ1n) is 7.38. The van der Waals surface area contributed by atoms with Crippen LogP contribution in [-0.4, -0.2) is 26.9 Å². The maximum Gasteiger partial charge on any atom is 0.159 e. The Hall–Kier alpha value is -2.89. The van der Waals surface area contributed by atoms with Crippen LogP contribution in [0.5, 0.6) is 5.75 Å². The van der Waals surface area contributed by atoms with Crippen molar-refractivity contribution < 1.29 is 4.74 Å². The highest BCUT2D eigenvalue weighted by Crippen LogP contribution is 2.15. The van der Waals surface area contributed by atoms with Gasteiger partial charge in [0, 0.05) is 18.3 Å². The molecule has 3 rings (SSSR count). The zero-order valence-electron chi connectivity index (χ0n) is 13.4. The molecule has 2 heterocycles. The van der Waals surface area contributed by atoms with Gasteiger partial charge in [-0.15, -0.1) is 0 Å². The molecule has 0 fully saturated rings. The number of hydrogen-bond donors (Lipinski definition) is 1. The summed E-state index contributed by atoms with van der Waals surface area (Å²) in [5.74, 6) is 2.36. The molecule has 118 valence electrons. The van der Waals surface area contributed by atoms with Crippen LogP contribution in [0, 0.1) is 13.8 Å². The Morgan fingerprint density at radius 3 is 2.52 bits per heavy atom. The first-order chi connectivity index (χ1) is 11.2. The number of anilines is 1. The Morgan fingerprint density at radius 2 is 1.87 bits per heavy atom. The molecular formula is C17H19N5O. The van der Waals surface area contributed by atoms with E-state index in [2.05, 4.69) is 20.4 Å². The highest BCUT2D eigenvalue weighted by Gasteiger charge is 2.06. The number of hydrogen-bond acceptors (Lipinski definition) is 5. The number of nitrogens with zero attached hydrogens (tertiary/aromatic N) is 4. The van der Waals surface area contributed by atoms with Crippen molar-refractivity contribution in [3.8, 4) is 11.6 Å². The van der Waals surface area contributed by atoms with Gasteiger partial charge >= 0.3 is 0 Å². The molecule has 2 aromatic heterocycles. The standard InChI is InChI=1S/C17H19N5O/c1-12-8-13(2)22(21-12)17-9-16(19-11-20-17)18-10-14-4-6-15(23-3)7-5-14/h4-9,11H,10H2,1-3H3,(H,18,19,20). The van der Waals surface area contributed by atoms with E-state index in [9.17, 15) is 0 Å². The van der Waals surface area contributed by atoms with Gasteiger partial charge in [-0.1, -0.05) is 12.1 Å². The number of ether oxygens (including phenoxy) is 1. The first-order valence-corrected chi connectivity index (χ1v) is 7.38. The second kappa shape index (κ2) is 6.48. The molecular weight excluding hydrogens is 290 g/mol. The van der Waals surface area contributed by atoms with E-state index in [4.69, 9.17) is 4.74 Å². The summed E-state index contributed by atoms with van der Waals surface area (Å²) in [7, 11) is 1.66. The van der Waals surface area contributed by atoms with Crippen LogP contribution in [0.25, 0.3) is 5.82 Å². The lowest BCUT2D eigenvalue weighted by Crippen LogP contribution is -2.06. The van der Waals surface area contributed by atoms with Crippen molar-refractivity contribution in [1.29, 1.82) is 0 Å². The molecule has 0 aliphatic heterocycles. The van der Waals surface area contributed by atoms with Gasteiger partial charge in [-0.05, 0) is 37.6 Å². The summed E-state index contributed by atoms with van der Waals surface area (Å²) in [6.07, 6.45) is 1.54. The van der Waals surface area contributed by atoms with Gasteiger partial charge < -0.3 is 10.1 Å². The van der Waals surface area contributed by atoms with Crippen molar-refractivity contribution in [3.05, 3.63) is 59.7 Å². The van der Waals surface area contributed by atoms with Crippen LogP contribution in [0.1, 0.15) is 17.0 Å². The van der Waals surface area contributed by atoms with Crippen molar-refractivity contribution in [2.45, 2.75) is 20.4 Å². The second-order valence-corrected chi connectivity index (χ2v) is 5.30. The quantitative estimate of drug-likeness (QED) is 0.785. The van der Waals surface area contributed by atoms with E-state index in [0.717, 1.165) is 34.3 Å². The maximum absolute atomic E-state index is 5.16. The van der Waals surface area contributed by atoms with Crippen LogP contribution in [0.4, 0.5) is 5.82 Å². The zero-order chi connectivity index (χ0) is 16.2. The highest BCUT2D eigenvalue weighted by molar-refractivity contribution is 5.42. The van der Waals surface area contributed by atoms with E-state index < -0.39 is 0 Å². The van der Waals surface area contributed by atoms with Crippen molar-refractivity contribution in [3.63, 3.8) is 0 Å². The second-order valence-electron chi connectivity index (χ2n) is 5.30. The van der Waals surface area contributed by atoms with Crippen molar-refractivity contribution in [2.24, 2.45) is 0 Å². The van der Waals surface area contributed by atoms with E-state index >= 15 is 0 Å². The Kier molecular flexibility index (Phi) is 4.23. The van der Waals surface area contributed by atoms with Crippen molar-refractivity contribution in [1.82, 2.24) is 19.7 Å². The average molecular weight is 309 g/mol. The van der Waals surface area contributed by atoms with Gasteiger partial charge in [0.2, 0.25) is 0 Å². The minimum Gasteiger partial charge on any atom is -0.497 e. The average Bonchev–Trinajstić information content (AvgIpc) is 2.92. The summed E-state index contributed by atoms with van der Waals surface area (Å²) in [5, 5.41) is 7.75. The molecule has 3 aromatic rings. The number of methoxy groups -OCH3 is 1. The van der Waals surface area contributed by atoms with Gasteiger partial charge in [-0.25, -0.2) is 14.6 Å². The smallest absolute Gasteiger partial charge is 0.159 e. The Balaban J connectivity index is 1.73. The lowest BCUT2D eigenvalue weighted by Gasteiger charge is -2.08. The molecule has 0 saturated carbocycles. The van der Waals surface area contributed by atoms with Gasteiger partial charge in [0.15, 0.2) is 5.82 Å². The van der Waals surface area contributed by atoms with Gasteiger partial charge in [0.1, 0.15) is 17.9 Å². The topological polar surface area (TPSA) is 64.9 Å². The predicted octanol–water partition coefficient (Wildman–Crippen LogP) is 2.90. The molecule has 23 heavy (non-hydrogen) atoms. The first kappa shape index (κ1) is 15.0. The number of benzene rings is 1. The zero-order valence-corrected chi connectivity index (χ0v) is 13.4. The lowest BCUT2D eigenvalue weighted by atomic mass is 10.2. The monoisotopic (exact) mass is 309 g/mol. The summed E-state index contributed by atoms with van der Waals surface area (Å²) in [6.45, 7) is 4.65. The minimum atomic E-state index is 0.678. The molecule has 6 heteroatoms. The minimum absolute atomic E-state index is 0.678. The molecule has 0 spiro atoms. The normalized spacial score (nSPS) is 10.6. The third-order valence-electron chi connectivity index (χ3n) is 3.51. The molecule has 0 bridgehead atoms. The predicted molar refractivity (Wildman–Crippen MR) is 88.9 cm³/mol. The van der Waals surface area contributed by atoms with E-state index in [-0.39, 0.29) is 0 Å². The van der Waals surface area contributed by atoms with Gasteiger partial charge in [0.05, 0.1) is 12.8 Å². The van der Waals surface area contributed by atoms with Crippen molar-refractivity contribution >= 4 is 5.82 Å². The lowest BCUT2D eigenvalue weighted by molar-refractivity contribution is 0.414. The SMILES string of the molecule is COc1ccc(CNc2cc(-n3nc(C)cc3C)ncn2)cc1. The van der Waals surface area contributed by atoms with E-state index in [0.29, 0.717) is 6.54 Å². The molecule has 0 atom stereocenters. The fourth-order valence-corrected chi connectivity index (χ4v) is 2.36. The fraction of sp³-hybridized carbons (Fsp3) is 0.235. The van der Waals surface area contributed by atoms with Crippen LogP contribution in [0.2, 0.25) is 0 Å². The Labute approximate surface area is 135 Å². The highest BCUT2D eigenvalue weighted by atomic mass is 16.5. The van der Waals surface area contributed by atoms with Crippen LogP contribution < -0.4 is 10.1 Å². The molecule has 0 aliphatic rings. The molecule has 0 aliphatic carbocycles. The molecule has 0 amide bonds. The Bertz CT molecular complexity index is 795. The summed E-state index contributed by atoms with van der Waals surface area (Å²) >= 11 is 0. The Morgan fingerprint density at radius 1 is 1.09 bits per heavy atom. The van der Waals surface area contributed by atoms with Gasteiger partial charge in [0.25, 0.3) is 0 Å². The number of nitrogens with one attached hydrogen (secondary N) is 1. The summed E-state index contributed by atoms with van der Waals surface area (Å²) < 4.78 is 6.97. The largest absolute Gasteiger partial charge is 0.497 e. The van der Waals surface area contributed by atoms with Gasteiger partial charge in [-0.2, -0.15) is 5.10 Å². The van der Waals surface area contributed by atoms with Crippen LogP contribution in [0.3, 0.4) is 0 Å². The maximum atomic E-state index is 5.16. The molecule has 6 nitrogen and oxygen atoms in total. The third kappa shape index (κ3) is 3.48.